The average Bonchev–Trinajstić information content (AvgIpc) is 3.05. The van der Waals surface area contributed by atoms with Gasteiger partial charge in [0.15, 0.2) is 12.1 Å². The van der Waals surface area contributed by atoms with Gasteiger partial charge in [-0.05, 0) is 61.5 Å². The summed E-state index contributed by atoms with van der Waals surface area (Å²) in [6, 6.07) is 24.6. The molecule has 2 fully saturated rings. The average molecular weight is 614 g/mol. The van der Waals surface area contributed by atoms with Crippen LogP contribution in [-0.2, 0) is 33.8 Å². The Morgan fingerprint density at radius 1 is 0.822 bits per heavy atom. The van der Waals surface area contributed by atoms with Gasteiger partial charge in [-0.3, -0.25) is 4.79 Å². The van der Waals surface area contributed by atoms with Crippen LogP contribution >= 0.6 is 0 Å². The third kappa shape index (κ3) is 9.96. The largest absolute Gasteiger partial charge is 0.392 e. The lowest BCUT2D eigenvalue weighted by Gasteiger charge is -2.38. The second-order valence-electron chi connectivity index (χ2n) is 12.3. The molecule has 45 heavy (non-hydrogen) atoms. The molecule has 0 spiro atoms. The van der Waals surface area contributed by atoms with Gasteiger partial charge in [-0.25, -0.2) is 4.79 Å². The number of nitrogens with zero attached hydrogens (tertiary/aromatic N) is 1. The number of nitrogens with one attached hydrogen (secondary N) is 2. The quantitative estimate of drug-likeness (QED) is 0.246. The van der Waals surface area contributed by atoms with Gasteiger partial charge in [0.2, 0.25) is 0 Å². The zero-order valence-corrected chi connectivity index (χ0v) is 26.3. The number of hydrogen-bond acceptors (Lipinski definition) is 6. The number of urea groups is 1. The number of benzene rings is 3. The van der Waals surface area contributed by atoms with Crippen LogP contribution in [0.5, 0.6) is 0 Å². The molecule has 4 atom stereocenters. The fourth-order valence-corrected chi connectivity index (χ4v) is 6.15. The van der Waals surface area contributed by atoms with Gasteiger partial charge in [-0.1, -0.05) is 98.1 Å². The first-order chi connectivity index (χ1) is 22.0. The Hall–Kier alpha value is -3.56. The maximum Gasteiger partial charge on any atom is 0.315 e. The highest BCUT2D eigenvalue weighted by atomic mass is 16.7. The monoisotopic (exact) mass is 613 g/mol. The van der Waals surface area contributed by atoms with Crippen LogP contribution in [0.1, 0.15) is 85.7 Å². The van der Waals surface area contributed by atoms with E-state index in [0.29, 0.717) is 13.0 Å². The lowest BCUT2D eigenvalue weighted by molar-refractivity contribution is -0.253. The number of amides is 2. The van der Waals surface area contributed by atoms with E-state index in [9.17, 15) is 14.7 Å². The first kappa shape index (κ1) is 32.8. The maximum atomic E-state index is 12.7. The molecule has 2 aliphatic rings. The van der Waals surface area contributed by atoms with Gasteiger partial charge in [-0.15, -0.1) is 0 Å². The van der Waals surface area contributed by atoms with Gasteiger partial charge in [0, 0.05) is 25.1 Å². The number of aliphatic hydroxyl groups is 1. The Morgan fingerprint density at radius 3 is 2.13 bits per heavy atom. The molecule has 2 amide bonds. The first-order valence-corrected chi connectivity index (χ1v) is 16.4. The molecule has 240 valence electrons. The maximum absolute atomic E-state index is 12.7. The van der Waals surface area contributed by atoms with E-state index in [-0.39, 0.29) is 30.6 Å². The van der Waals surface area contributed by atoms with Crippen molar-refractivity contribution in [3.05, 3.63) is 107 Å². The molecule has 3 N–H and O–H groups in total. The molecular formula is C37H47N3O5. The van der Waals surface area contributed by atoms with E-state index in [1.807, 2.05) is 78.9 Å². The highest BCUT2D eigenvalue weighted by Crippen LogP contribution is 2.38. The van der Waals surface area contributed by atoms with Gasteiger partial charge in [-0.2, -0.15) is 0 Å². The molecular weight excluding hydrogens is 566 g/mol. The van der Waals surface area contributed by atoms with Gasteiger partial charge >= 0.3 is 6.03 Å². The molecule has 2 aliphatic heterocycles. The SMILES string of the molecule is CC(=O)[C@@H](Cc1ccccc1)NC(=O)NCc1ccc(C2O[C@H](CN3CCCCCCC3)C[C@H](c3ccc(CO)cc3)O2)cc1. The molecule has 0 bridgehead atoms. The van der Waals surface area contributed by atoms with E-state index in [4.69, 9.17) is 9.47 Å². The summed E-state index contributed by atoms with van der Waals surface area (Å²) in [7, 11) is 0. The minimum Gasteiger partial charge on any atom is -0.392 e. The molecule has 8 nitrogen and oxygen atoms in total. The fourth-order valence-electron chi connectivity index (χ4n) is 6.15. The van der Waals surface area contributed by atoms with Gasteiger partial charge in [0.05, 0.1) is 24.9 Å². The van der Waals surface area contributed by atoms with Crippen LogP contribution in [0.3, 0.4) is 0 Å². The van der Waals surface area contributed by atoms with Gasteiger partial charge < -0.3 is 30.1 Å². The van der Waals surface area contributed by atoms with Crippen molar-refractivity contribution in [2.75, 3.05) is 19.6 Å². The Morgan fingerprint density at radius 2 is 1.47 bits per heavy atom. The number of carbonyl (C=O) groups excluding carboxylic acids is 2. The molecule has 8 heteroatoms. The molecule has 1 unspecified atom stereocenters. The Kier molecular flexibility index (Phi) is 12.2. The zero-order chi connectivity index (χ0) is 31.4. The molecule has 0 radical (unpaired) electrons. The summed E-state index contributed by atoms with van der Waals surface area (Å²) < 4.78 is 13.1. The van der Waals surface area contributed by atoms with Crippen molar-refractivity contribution in [3.8, 4) is 0 Å². The predicted molar refractivity (Wildman–Crippen MR) is 174 cm³/mol. The molecule has 0 saturated carbocycles. The summed E-state index contributed by atoms with van der Waals surface area (Å²) in [6.07, 6.45) is 7.00. The smallest absolute Gasteiger partial charge is 0.315 e. The molecule has 0 aromatic heterocycles. The van der Waals surface area contributed by atoms with E-state index >= 15 is 0 Å². The number of aliphatic hydroxyl groups excluding tert-OH is 1. The second kappa shape index (κ2) is 16.7. The van der Waals surface area contributed by atoms with Crippen LogP contribution in [0, 0.1) is 0 Å². The van der Waals surface area contributed by atoms with Crippen LogP contribution in [0.4, 0.5) is 4.79 Å². The van der Waals surface area contributed by atoms with Crippen molar-refractivity contribution in [3.63, 3.8) is 0 Å². The van der Waals surface area contributed by atoms with Gasteiger partial charge in [0.25, 0.3) is 0 Å². The normalized spacial score (nSPS) is 21.7. The fraction of sp³-hybridized carbons (Fsp3) is 0.459. The summed E-state index contributed by atoms with van der Waals surface area (Å²) >= 11 is 0. The molecule has 3 aromatic rings. The third-order valence-electron chi connectivity index (χ3n) is 8.81. The number of hydrogen-bond donors (Lipinski definition) is 3. The zero-order valence-electron chi connectivity index (χ0n) is 26.3. The third-order valence-corrected chi connectivity index (χ3v) is 8.81. The van der Waals surface area contributed by atoms with E-state index in [1.165, 1.54) is 39.0 Å². The summed E-state index contributed by atoms with van der Waals surface area (Å²) in [4.78, 5) is 27.4. The van der Waals surface area contributed by atoms with E-state index in [1.54, 1.807) is 0 Å². The molecule has 2 saturated heterocycles. The van der Waals surface area contributed by atoms with Crippen LogP contribution in [0.2, 0.25) is 0 Å². The Bertz CT molecular complexity index is 1340. The predicted octanol–water partition coefficient (Wildman–Crippen LogP) is 5.99. The summed E-state index contributed by atoms with van der Waals surface area (Å²) in [5, 5.41) is 15.2. The molecule has 2 heterocycles. The number of ketones is 1. The Balaban J connectivity index is 1.21. The van der Waals surface area contributed by atoms with Crippen molar-refractivity contribution in [1.29, 1.82) is 0 Å². The van der Waals surface area contributed by atoms with Crippen LogP contribution in [0.15, 0.2) is 78.9 Å². The second-order valence-corrected chi connectivity index (χ2v) is 12.3. The van der Waals surface area contributed by atoms with Crippen molar-refractivity contribution >= 4 is 11.8 Å². The lowest BCUT2D eigenvalue weighted by atomic mass is 9.99. The minimum absolute atomic E-state index is 0.0169. The molecule has 3 aromatic carbocycles. The van der Waals surface area contributed by atoms with Crippen molar-refractivity contribution < 1.29 is 24.2 Å². The number of likely N-dealkylation sites (tertiary alicyclic amines) is 1. The van der Waals surface area contributed by atoms with E-state index in [2.05, 4.69) is 15.5 Å². The van der Waals surface area contributed by atoms with E-state index in [0.717, 1.165) is 53.9 Å². The topological polar surface area (TPSA) is 100 Å². The van der Waals surface area contributed by atoms with Crippen LogP contribution in [0.25, 0.3) is 0 Å². The van der Waals surface area contributed by atoms with Gasteiger partial charge in [0.1, 0.15) is 0 Å². The first-order valence-electron chi connectivity index (χ1n) is 16.4. The van der Waals surface area contributed by atoms with Crippen molar-refractivity contribution in [2.24, 2.45) is 0 Å². The molecule has 0 aliphatic carbocycles. The van der Waals surface area contributed by atoms with Crippen molar-refractivity contribution in [2.45, 2.75) is 89.6 Å². The Labute approximate surface area is 267 Å². The number of rotatable bonds is 11. The standard InChI is InChI=1S/C37H47N3O5/c1-27(42)34(22-28-10-6-5-7-11-28)39-37(43)38-24-29-12-18-32(19-13-29)36-44-33(25-40-20-8-3-2-4-9-21-40)23-35(45-36)31-16-14-30(26-41)15-17-31/h5-7,10-19,33-36,41H,2-4,8-9,20-26H2,1H3,(H2,38,39,43)/t33-,34+,35+,36?/m0/s1. The lowest BCUT2D eigenvalue weighted by Crippen LogP contribution is -2.46. The number of carbonyl (C=O) groups is 2. The van der Waals surface area contributed by atoms with E-state index < -0.39 is 12.3 Å². The highest BCUT2D eigenvalue weighted by Gasteiger charge is 2.33. The summed E-state index contributed by atoms with van der Waals surface area (Å²) in [5.41, 5.74) is 4.82. The van der Waals surface area contributed by atoms with Crippen LogP contribution in [-0.4, -0.2) is 53.6 Å². The van der Waals surface area contributed by atoms with Crippen molar-refractivity contribution in [1.82, 2.24) is 15.5 Å². The highest BCUT2D eigenvalue weighted by molar-refractivity contribution is 5.87. The summed E-state index contributed by atoms with van der Waals surface area (Å²) in [5.74, 6) is -0.0851. The number of ether oxygens (including phenoxy) is 2. The molecule has 5 rings (SSSR count). The minimum atomic E-state index is -0.588. The summed E-state index contributed by atoms with van der Waals surface area (Å²) in [6.45, 7) is 4.94. The van der Waals surface area contributed by atoms with Crippen LogP contribution < -0.4 is 10.6 Å². The number of Topliss-reactive ketones (excluding diaryl/α,β-unsaturated/α-hetero) is 1.